The summed E-state index contributed by atoms with van der Waals surface area (Å²) in [5.41, 5.74) is 7.57. The average Bonchev–Trinajstić information content (AvgIpc) is 2.82. The van der Waals surface area contributed by atoms with Crippen LogP contribution in [-0.2, 0) is 6.54 Å². The Balaban J connectivity index is 2.02. The second kappa shape index (κ2) is 5.32. The first kappa shape index (κ1) is 12.1. The number of benzene rings is 1. The van der Waals surface area contributed by atoms with E-state index in [1.165, 1.54) is 31.2 Å². The molecule has 2 rings (SSSR count). The molecular weight excluding hydrogens is 210 g/mol. The molecule has 0 amide bonds. The molecule has 0 aromatic heterocycles. The molecule has 1 aromatic rings. The average molecular weight is 231 g/mol. The number of amidine groups is 1. The zero-order chi connectivity index (χ0) is 12.3. The van der Waals surface area contributed by atoms with E-state index in [1.807, 2.05) is 18.2 Å². The third-order valence-electron chi connectivity index (χ3n) is 3.62. The van der Waals surface area contributed by atoms with Gasteiger partial charge in [0.2, 0.25) is 0 Å². The highest BCUT2D eigenvalue weighted by atomic mass is 15.1. The third kappa shape index (κ3) is 3.07. The smallest absolute Gasteiger partial charge is 0.122 e. The lowest BCUT2D eigenvalue weighted by Gasteiger charge is -2.24. The normalized spacial score (nSPS) is 16.6. The van der Waals surface area contributed by atoms with E-state index in [-0.39, 0.29) is 5.84 Å². The van der Waals surface area contributed by atoms with Gasteiger partial charge in [-0.05, 0) is 31.5 Å². The van der Waals surface area contributed by atoms with Crippen LogP contribution in [0.25, 0.3) is 0 Å². The van der Waals surface area contributed by atoms with E-state index in [9.17, 15) is 0 Å². The van der Waals surface area contributed by atoms with E-state index < -0.39 is 0 Å². The number of nitrogens with one attached hydrogen (secondary N) is 1. The van der Waals surface area contributed by atoms with Gasteiger partial charge in [0.25, 0.3) is 0 Å². The van der Waals surface area contributed by atoms with E-state index >= 15 is 0 Å². The molecule has 3 N–H and O–H groups in total. The van der Waals surface area contributed by atoms with Crippen LogP contribution in [0, 0.1) is 5.41 Å². The lowest BCUT2D eigenvalue weighted by atomic mass is 10.1. The first-order chi connectivity index (χ1) is 8.16. The van der Waals surface area contributed by atoms with Gasteiger partial charge in [-0.15, -0.1) is 0 Å². The van der Waals surface area contributed by atoms with Crippen molar-refractivity contribution in [2.45, 2.75) is 38.3 Å². The summed E-state index contributed by atoms with van der Waals surface area (Å²) in [5, 5.41) is 7.45. The van der Waals surface area contributed by atoms with Crippen molar-refractivity contribution in [2.24, 2.45) is 5.73 Å². The van der Waals surface area contributed by atoms with Crippen molar-refractivity contribution in [1.82, 2.24) is 4.90 Å². The van der Waals surface area contributed by atoms with Crippen LogP contribution in [0.15, 0.2) is 24.3 Å². The topological polar surface area (TPSA) is 53.1 Å². The molecule has 3 heteroatoms. The Morgan fingerprint density at radius 1 is 1.41 bits per heavy atom. The number of rotatable bonds is 4. The Hall–Kier alpha value is -1.35. The maximum Gasteiger partial charge on any atom is 0.122 e. The van der Waals surface area contributed by atoms with Crippen LogP contribution in [0.1, 0.15) is 36.8 Å². The van der Waals surface area contributed by atoms with Gasteiger partial charge in [0.05, 0.1) is 0 Å². The van der Waals surface area contributed by atoms with Crippen molar-refractivity contribution in [2.75, 3.05) is 7.05 Å². The molecule has 92 valence electrons. The van der Waals surface area contributed by atoms with Gasteiger partial charge in [-0.1, -0.05) is 31.0 Å². The first-order valence-corrected chi connectivity index (χ1v) is 6.30. The second-order valence-corrected chi connectivity index (χ2v) is 4.97. The van der Waals surface area contributed by atoms with Crippen LogP contribution < -0.4 is 5.73 Å². The van der Waals surface area contributed by atoms with Gasteiger partial charge in [-0.25, -0.2) is 0 Å². The molecule has 0 saturated heterocycles. The van der Waals surface area contributed by atoms with Gasteiger partial charge in [-0.3, -0.25) is 10.3 Å². The van der Waals surface area contributed by atoms with Crippen molar-refractivity contribution >= 4 is 5.84 Å². The Bertz CT molecular complexity index is 394. The molecule has 0 heterocycles. The highest BCUT2D eigenvalue weighted by molar-refractivity contribution is 5.95. The standard InChI is InChI=1S/C14H21N3/c1-17(13-7-2-3-8-13)10-11-5-4-6-12(9-11)14(15)16/h4-6,9,13H,2-3,7-8,10H2,1H3,(H3,15,16). The highest BCUT2D eigenvalue weighted by Gasteiger charge is 2.19. The second-order valence-electron chi connectivity index (χ2n) is 4.97. The monoisotopic (exact) mass is 231 g/mol. The third-order valence-corrected chi connectivity index (χ3v) is 3.62. The van der Waals surface area contributed by atoms with Crippen molar-refractivity contribution in [3.63, 3.8) is 0 Å². The minimum Gasteiger partial charge on any atom is -0.384 e. The zero-order valence-electron chi connectivity index (χ0n) is 10.4. The summed E-state index contributed by atoms with van der Waals surface area (Å²) in [5.74, 6) is 0.148. The van der Waals surface area contributed by atoms with Crippen molar-refractivity contribution in [3.05, 3.63) is 35.4 Å². The maximum atomic E-state index is 7.45. The van der Waals surface area contributed by atoms with E-state index in [1.54, 1.807) is 0 Å². The first-order valence-electron chi connectivity index (χ1n) is 6.30. The van der Waals surface area contributed by atoms with Crippen molar-refractivity contribution in [1.29, 1.82) is 5.41 Å². The Morgan fingerprint density at radius 2 is 2.12 bits per heavy atom. The van der Waals surface area contributed by atoms with E-state index in [0.717, 1.165) is 18.2 Å². The fraction of sp³-hybridized carbons (Fsp3) is 0.500. The minimum absolute atomic E-state index is 0.148. The molecule has 0 atom stereocenters. The molecule has 1 aliphatic rings. The Kier molecular flexibility index (Phi) is 3.79. The lowest BCUT2D eigenvalue weighted by Crippen LogP contribution is -2.28. The predicted molar refractivity (Wildman–Crippen MR) is 71.2 cm³/mol. The van der Waals surface area contributed by atoms with Crippen LogP contribution in [-0.4, -0.2) is 23.8 Å². The van der Waals surface area contributed by atoms with Crippen LogP contribution in [0.2, 0.25) is 0 Å². The van der Waals surface area contributed by atoms with Gasteiger partial charge in [-0.2, -0.15) is 0 Å². The molecule has 0 spiro atoms. The van der Waals surface area contributed by atoms with Crippen LogP contribution in [0.4, 0.5) is 0 Å². The number of nitrogen functional groups attached to an aromatic ring is 1. The fourth-order valence-corrected chi connectivity index (χ4v) is 2.60. The zero-order valence-corrected chi connectivity index (χ0v) is 10.4. The molecule has 0 unspecified atom stereocenters. The van der Waals surface area contributed by atoms with Gasteiger partial charge >= 0.3 is 0 Å². The summed E-state index contributed by atoms with van der Waals surface area (Å²) in [4.78, 5) is 2.42. The summed E-state index contributed by atoms with van der Waals surface area (Å²) in [6.07, 6.45) is 5.37. The molecule has 1 fully saturated rings. The van der Waals surface area contributed by atoms with Crippen molar-refractivity contribution in [3.8, 4) is 0 Å². The lowest BCUT2D eigenvalue weighted by molar-refractivity contribution is 0.237. The maximum absolute atomic E-state index is 7.45. The molecule has 1 saturated carbocycles. The molecule has 3 nitrogen and oxygen atoms in total. The summed E-state index contributed by atoms with van der Waals surface area (Å²) < 4.78 is 0. The minimum atomic E-state index is 0.148. The van der Waals surface area contributed by atoms with Gasteiger partial charge in [0.1, 0.15) is 5.84 Å². The Labute approximate surface area is 103 Å². The predicted octanol–water partition coefficient (Wildman–Crippen LogP) is 2.35. The van der Waals surface area contributed by atoms with E-state index in [0.29, 0.717) is 0 Å². The summed E-state index contributed by atoms with van der Waals surface area (Å²) in [7, 11) is 2.19. The molecule has 17 heavy (non-hydrogen) atoms. The summed E-state index contributed by atoms with van der Waals surface area (Å²) in [6, 6.07) is 8.73. The van der Waals surface area contributed by atoms with Gasteiger partial charge in [0.15, 0.2) is 0 Å². The fourth-order valence-electron chi connectivity index (χ4n) is 2.60. The van der Waals surface area contributed by atoms with Gasteiger partial charge in [0, 0.05) is 18.2 Å². The Morgan fingerprint density at radius 3 is 2.76 bits per heavy atom. The summed E-state index contributed by atoms with van der Waals surface area (Å²) in [6.45, 7) is 0.950. The SMILES string of the molecule is CN(Cc1cccc(C(=N)N)c1)C1CCCC1. The van der Waals surface area contributed by atoms with E-state index in [4.69, 9.17) is 11.1 Å². The van der Waals surface area contributed by atoms with Gasteiger partial charge < -0.3 is 5.73 Å². The highest BCUT2D eigenvalue weighted by Crippen LogP contribution is 2.23. The van der Waals surface area contributed by atoms with Crippen molar-refractivity contribution < 1.29 is 0 Å². The molecule has 1 aliphatic carbocycles. The van der Waals surface area contributed by atoms with Crippen LogP contribution in [0.5, 0.6) is 0 Å². The summed E-state index contributed by atoms with van der Waals surface area (Å²) >= 11 is 0. The number of hydrogen-bond acceptors (Lipinski definition) is 2. The van der Waals surface area contributed by atoms with Crippen LogP contribution in [0.3, 0.4) is 0 Å². The number of nitrogens with two attached hydrogens (primary N) is 1. The molecule has 0 aliphatic heterocycles. The molecular formula is C14H21N3. The molecule has 0 radical (unpaired) electrons. The molecule has 1 aromatic carbocycles. The number of hydrogen-bond donors (Lipinski definition) is 2. The quantitative estimate of drug-likeness (QED) is 0.617. The molecule has 0 bridgehead atoms. The van der Waals surface area contributed by atoms with Crippen LogP contribution >= 0.6 is 0 Å². The number of nitrogens with zero attached hydrogens (tertiary/aromatic N) is 1. The largest absolute Gasteiger partial charge is 0.384 e. The van der Waals surface area contributed by atoms with E-state index in [2.05, 4.69) is 18.0 Å².